The van der Waals surface area contributed by atoms with E-state index < -0.39 is 21.1 Å². The number of hydrogen-bond acceptors (Lipinski definition) is 4. The first-order chi connectivity index (χ1) is 10.9. The van der Waals surface area contributed by atoms with E-state index in [-0.39, 0.29) is 24.0 Å². The van der Waals surface area contributed by atoms with Gasteiger partial charge in [0.25, 0.3) is 5.56 Å². The Kier molecular flexibility index (Phi) is 5.54. The second-order valence-corrected chi connectivity index (χ2v) is 7.81. The molecular formula is C16H20N2O4S. The molecule has 1 aromatic carbocycles. The van der Waals surface area contributed by atoms with Crippen molar-refractivity contribution < 1.29 is 8.42 Å². The monoisotopic (exact) mass is 336 g/mol. The molecule has 0 saturated heterocycles. The summed E-state index contributed by atoms with van der Waals surface area (Å²) >= 11 is 0. The molecular weight excluding hydrogens is 316 g/mol. The van der Waals surface area contributed by atoms with E-state index in [0.717, 1.165) is 5.56 Å². The van der Waals surface area contributed by atoms with Gasteiger partial charge in [-0.1, -0.05) is 37.3 Å². The number of rotatable bonds is 7. The Morgan fingerprint density at radius 3 is 2.48 bits per heavy atom. The normalized spacial score (nSPS) is 12.9. The zero-order chi connectivity index (χ0) is 16.9. The Bertz CT molecular complexity index is 853. The first-order valence-corrected chi connectivity index (χ1v) is 9.25. The molecule has 1 N–H and O–H groups in total. The van der Waals surface area contributed by atoms with Crippen LogP contribution in [0.3, 0.4) is 0 Å². The molecule has 0 saturated carbocycles. The second kappa shape index (κ2) is 7.41. The predicted octanol–water partition coefficient (Wildman–Crippen LogP) is 1.15. The van der Waals surface area contributed by atoms with Crippen LogP contribution in [0.1, 0.15) is 24.8 Å². The van der Waals surface area contributed by atoms with Gasteiger partial charge in [0.2, 0.25) is 0 Å². The lowest BCUT2D eigenvalue weighted by atomic mass is 10.0. The Morgan fingerprint density at radius 2 is 1.83 bits per heavy atom. The first kappa shape index (κ1) is 17.2. The maximum atomic E-state index is 12.2. The Balaban J connectivity index is 1.91. The van der Waals surface area contributed by atoms with Crippen molar-refractivity contribution >= 4 is 9.84 Å². The minimum Gasteiger partial charge on any atom is -0.301 e. The third-order valence-corrected chi connectivity index (χ3v) is 5.54. The van der Waals surface area contributed by atoms with E-state index in [2.05, 4.69) is 4.98 Å². The summed E-state index contributed by atoms with van der Waals surface area (Å²) in [6.07, 6.45) is 1.70. The summed E-state index contributed by atoms with van der Waals surface area (Å²) in [6, 6.07) is 10.8. The summed E-state index contributed by atoms with van der Waals surface area (Å²) in [5, 5.41) is 0. The van der Waals surface area contributed by atoms with Gasteiger partial charge in [0.05, 0.1) is 11.5 Å². The standard InChI is InChI=1S/C16H20N2O4S/c1-13(14-6-3-2-4-7-14)12-23(21,22)11-5-9-18-10-8-15(19)17-16(18)20/h2-4,6-8,10,13H,5,9,11-12H2,1H3,(H,17,19,20)/t13-/m1/s1. The number of aryl methyl sites for hydroxylation is 1. The smallest absolute Gasteiger partial charge is 0.301 e. The van der Waals surface area contributed by atoms with E-state index in [9.17, 15) is 18.0 Å². The topological polar surface area (TPSA) is 89.0 Å². The Hall–Kier alpha value is -2.15. The molecule has 2 rings (SSSR count). The van der Waals surface area contributed by atoms with Crippen molar-refractivity contribution in [3.8, 4) is 0 Å². The number of H-pyrrole nitrogens is 1. The number of aromatic nitrogens is 2. The Labute approximate surface area is 134 Å². The fraction of sp³-hybridized carbons (Fsp3) is 0.375. The lowest BCUT2D eigenvalue weighted by molar-refractivity contribution is 0.576. The van der Waals surface area contributed by atoms with Crippen molar-refractivity contribution in [3.05, 3.63) is 69.0 Å². The first-order valence-electron chi connectivity index (χ1n) is 7.42. The molecule has 0 aliphatic carbocycles. The van der Waals surface area contributed by atoms with Crippen LogP contribution in [0.5, 0.6) is 0 Å². The van der Waals surface area contributed by atoms with Crippen LogP contribution < -0.4 is 11.2 Å². The summed E-state index contributed by atoms with van der Waals surface area (Å²) in [4.78, 5) is 24.6. The minimum absolute atomic E-state index is 0.00966. The molecule has 1 aromatic heterocycles. The van der Waals surface area contributed by atoms with Gasteiger partial charge in [0.15, 0.2) is 9.84 Å². The highest BCUT2D eigenvalue weighted by atomic mass is 32.2. The van der Waals surface area contributed by atoms with E-state index in [0.29, 0.717) is 6.42 Å². The third-order valence-electron chi connectivity index (χ3n) is 3.62. The summed E-state index contributed by atoms with van der Waals surface area (Å²) in [7, 11) is -3.21. The average molecular weight is 336 g/mol. The minimum atomic E-state index is -3.21. The van der Waals surface area contributed by atoms with Gasteiger partial charge in [-0.15, -0.1) is 0 Å². The van der Waals surface area contributed by atoms with Crippen LogP contribution in [0, 0.1) is 0 Å². The quantitative estimate of drug-likeness (QED) is 0.821. The molecule has 1 atom stereocenters. The average Bonchev–Trinajstić information content (AvgIpc) is 2.50. The van der Waals surface area contributed by atoms with Gasteiger partial charge in [-0.05, 0) is 17.9 Å². The highest BCUT2D eigenvalue weighted by Crippen LogP contribution is 2.17. The second-order valence-electron chi connectivity index (χ2n) is 5.58. The van der Waals surface area contributed by atoms with E-state index in [1.807, 2.05) is 37.3 Å². The van der Waals surface area contributed by atoms with Gasteiger partial charge in [0, 0.05) is 18.8 Å². The van der Waals surface area contributed by atoms with Crippen LogP contribution in [0.15, 0.2) is 52.2 Å². The van der Waals surface area contributed by atoms with Gasteiger partial charge in [-0.2, -0.15) is 0 Å². The maximum Gasteiger partial charge on any atom is 0.328 e. The van der Waals surface area contributed by atoms with Crippen LogP contribution >= 0.6 is 0 Å². The summed E-state index contributed by atoms with van der Waals surface area (Å²) in [5.41, 5.74) is 0.0102. The number of benzene rings is 1. The van der Waals surface area contributed by atoms with Gasteiger partial charge in [-0.3, -0.25) is 9.78 Å². The molecule has 7 heteroatoms. The van der Waals surface area contributed by atoms with Crippen LogP contribution in [-0.2, 0) is 16.4 Å². The van der Waals surface area contributed by atoms with E-state index >= 15 is 0 Å². The van der Waals surface area contributed by atoms with Crippen molar-refractivity contribution in [1.29, 1.82) is 0 Å². The molecule has 6 nitrogen and oxygen atoms in total. The molecule has 0 fully saturated rings. The molecule has 0 amide bonds. The molecule has 2 aromatic rings. The summed E-state index contributed by atoms with van der Waals surface area (Å²) < 4.78 is 25.7. The van der Waals surface area contributed by atoms with Gasteiger partial charge in [-0.25, -0.2) is 13.2 Å². The van der Waals surface area contributed by atoms with Crippen molar-refractivity contribution in [3.63, 3.8) is 0 Å². The van der Waals surface area contributed by atoms with Crippen LogP contribution in [0.25, 0.3) is 0 Å². The van der Waals surface area contributed by atoms with Gasteiger partial charge >= 0.3 is 5.69 Å². The number of aromatic amines is 1. The number of nitrogens with zero attached hydrogens (tertiary/aromatic N) is 1. The lowest BCUT2D eigenvalue weighted by Crippen LogP contribution is -2.29. The molecule has 23 heavy (non-hydrogen) atoms. The fourth-order valence-electron chi connectivity index (χ4n) is 2.42. The van der Waals surface area contributed by atoms with Crippen LogP contribution in [-0.4, -0.2) is 29.5 Å². The van der Waals surface area contributed by atoms with E-state index in [1.54, 1.807) is 0 Å². The van der Waals surface area contributed by atoms with E-state index in [1.165, 1.54) is 16.8 Å². The van der Waals surface area contributed by atoms with Gasteiger partial charge in [0.1, 0.15) is 0 Å². The maximum absolute atomic E-state index is 12.2. The van der Waals surface area contributed by atoms with Crippen LogP contribution in [0.4, 0.5) is 0 Å². The predicted molar refractivity (Wildman–Crippen MR) is 89.5 cm³/mol. The molecule has 1 heterocycles. The highest BCUT2D eigenvalue weighted by Gasteiger charge is 2.17. The van der Waals surface area contributed by atoms with E-state index in [4.69, 9.17) is 0 Å². The largest absolute Gasteiger partial charge is 0.328 e. The summed E-state index contributed by atoms with van der Waals surface area (Å²) in [5.74, 6) is 0.0183. The summed E-state index contributed by atoms with van der Waals surface area (Å²) in [6.45, 7) is 2.15. The molecule has 0 aliphatic rings. The molecule has 0 aliphatic heterocycles. The molecule has 124 valence electrons. The number of hydrogen-bond donors (Lipinski definition) is 1. The molecule has 0 spiro atoms. The highest BCUT2D eigenvalue weighted by molar-refractivity contribution is 7.91. The number of sulfone groups is 1. The third kappa shape index (κ3) is 5.21. The molecule has 0 radical (unpaired) electrons. The number of nitrogens with one attached hydrogen (secondary N) is 1. The molecule has 0 bridgehead atoms. The van der Waals surface area contributed by atoms with Crippen molar-refractivity contribution in [2.24, 2.45) is 0 Å². The SMILES string of the molecule is C[C@H](CS(=O)(=O)CCCn1ccc(=O)[nH]c1=O)c1ccccc1. The van der Waals surface area contributed by atoms with Gasteiger partial charge < -0.3 is 4.57 Å². The van der Waals surface area contributed by atoms with Crippen molar-refractivity contribution in [2.75, 3.05) is 11.5 Å². The van der Waals surface area contributed by atoms with Crippen LogP contribution in [0.2, 0.25) is 0 Å². The Morgan fingerprint density at radius 1 is 1.13 bits per heavy atom. The van der Waals surface area contributed by atoms with Crippen molar-refractivity contribution in [1.82, 2.24) is 9.55 Å². The van der Waals surface area contributed by atoms with Crippen molar-refractivity contribution in [2.45, 2.75) is 25.8 Å². The zero-order valence-electron chi connectivity index (χ0n) is 12.9. The zero-order valence-corrected chi connectivity index (χ0v) is 13.8. The fourth-order valence-corrected chi connectivity index (χ4v) is 4.11. The lowest BCUT2D eigenvalue weighted by Gasteiger charge is -2.12. The molecule has 0 unspecified atom stereocenters.